The molecule has 2 rings (SSSR count). The van der Waals surface area contributed by atoms with Crippen LogP contribution in [0, 0.1) is 11.8 Å². The first-order chi connectivity index (χ1) is 6.79. The summed E-state index contributed by atoms with van der Waals surface area (Å²) in [5, 5.41) is 3.13. The van der Waals surface area contributed by atoms with Crippen LogP contribution >= 0.6 is 0 Å². The number of rotatable bonds is 3. The van der Waals surface area contributed by atoms with Gasteiger partial charge in [0.1, 0.15) is 7.28 Å². The van der Waals surface area contributed by atoms with Gasteiger partial charge in [-0.25, -0.2) is 0 Å². The van der Waals surface area contributed by atoms with Crippen LogP contribution in [0.25, 0.3) is 0 Å². The van der Waals surface area contributed by atoms with Crippen LogP contribution in [0.5, 0.6) is 0 Å². The first-order valence-corrected chi connectivity index (χ1v) is 5.93. The smallest absolute Gasteiger partial charge is 0.222 e. The minimum absolute atomic E-state index is 0.293. The van der Waals surface area contributed by atoms with Crippen molar-refractivity contribution in [3.05, 3.63) is 0 Å². The third-order valence-electron chi connectivity index (χ3n) is 3.49. The molecule has 2 unspecified atom stereocenters. The minimum Gasteiger partial charge on any atom is -0.361 e. The fraction of sp³-hybridized carbons (Fsp3) is 0.909. The molecule has 2 nitrogen and oxygen atoms in total. The maximum atomic E-state index is 11.5. The molecule has 2 fully saturated rings. The molecule has 1 amide bonds. The van der Waals surface area contributed by atoms with Crippen LogP contribution in [0.2, 0.25) is 6.32 Å². The van der Waals surface area contributed by atoms with Gasteiger partial charge < -0.3 is 5.32 Å². The van der Waals surface area contributed by atoms with Crippen LogP contribution in [0.15, 0.2) is 0 Å². The van der Waals surface area contributed by atoms with E-state index in [9.17, 15) is 4.79 Å². The molecule has 14 heavy (non-hydrogen) atoms. The number of carbonyl (C=O) groups excluding carboxylic acids is 1. The van der Waals surface area contributed by atoms with Crippen LogP contribution in [0.4, 0.5) is 0 Å². The monoisotopic (exact) mass is 192 g/mol. The fourth-order valence-corrected chi connectivity index (χ4v) is 2.16. The van der Waals surface area contributed by atoms with Crippen LogP contribution in [0.3, 0.4) is 0 Å². The van der Waals surface area contributed by atoms with E-state index in [4.69, 9.17) is 0 Å². The van der Waals surface area contributed by atoms with Crippen molar-refractivity contribution in [2.45, 2.75) is 51.3 Å². The van der Waals surface area contributed by atoms with Crippen molar-refractivity contribution >= 4 is 13.2 Å². The zero-order valence-electron chi connectivity index (χ0n) is 8.96. The summed E-state index contributed by atoms with van der Waals surface area (Å²) in [6.45, 7) is 2.25. The predicted molar refractivity (Wildman–Crippen MR) is 58.2 cm³/mol. The lowest BCUT2D eigenvalue weighted by Crippen LogP contribution is -2.42. The zero-order chi connectivity index (χ0) is 9.97. The summed E-state index contributed by atoms with van der Waals surface area (Å²) in [6.07, 6.45) is 7.11. The van der Waals surface area contributed by atoms with Crippen LogP contribution < -0.4 is 5.32 Å². The van der Waals surface area contributed by atoms with Crippen molar-refractivity contribution in [3.63, 3.8) is 0 Å². The summed E-state index contributed by atoms with van der Waals surface area (Å²) in [5.41, 5.74) is 0. The Balaban J connectivity index is 1.69. The molecular formula is C11H19BNO. The van der Waals surface area contributed by atoms with Crippen LogP contribution in [-0.4, -0.2) is 19.1 Å². The van der Waals surface area contributed by atoms with Crippen molar-refractivity contribution in [3.8, 4) is 0 Å². The van der Waals surface area contributed by atoms with E-state index < -0.39 is 0 Å². The number of amides is 1. The van der Waals surface area contributed by atoms with E-state index in [0.717, 1.165) is 25.2 Å². The maximum Gasteiger partial charge on any atom is 0.222 e. The van der Waals surface area contributed by atoms with Crippen molar-refractivity contribution in [1.82, 2.24) is 5.32 Å². The normalized spacial score (nSPS) is 32.1. The Kier molecular flexibility index (Phi) is 3.14. The molecule has 0 spiro atoms. The minimum atomic E-state index is 0.293. The third-order valence-corrected chi connectivity index (χ3v) is 3.49. The van der Waals surface area contributed by atoms with Gasteiger partial charge in [-0.3, -0.25) is 4.79 Å². The van der Waals surface area contributed by atoms with Crippen molar-refractivity contribution in [2.75, 3.05) is 0 Å². The first-order valence-electron chi connectivity index (χ1n) is 5.93. The van der Waals surface area contributed by atoms with Crippen LogP contribution in [0.1, 0.15) is 39.0 Å². The van der Waals surface area contributed by atoms with E-state index in [-0.39, 0.29) is 0 Å². The van der Waals surface area contributed by atoms with Gasteiger partial charge in [0.05, 0.1) is 0 Å². The largest absolute Gasteiger partial charge is 0.361 e. The van der Waals surface area contributed by atoms with E-state index in [2.05, 4.69) is 19.5 Å². The van der Waals surface area contributed by atoms with E-state index in [1.807, 2.05) is 0 Å². The highest BCUT2D eigenvalue weighted by Crippen LogP contribution is 2.29. The summed E-state index contributed by atoms with van der Waals surface area (Å²) in [7, 11) is 2.30. The topological polar surface area (TPSA) is 29.1 Å². The molecular weight excluding hydrogens is 173 g/mol. The summed E-state index contributed by atoms with van der Waals surface area (Å²) in [4.78, 5) is 11.5. The highest BCUT2D eigenvalue weighted by molar-refractivity contribution is 6.38. The van der Waals surface area contributed by atoms with E-state index in [0.29, 0.717) is 17.8 Å². The zero-order valence-corrected chi connectivity index (χ0v) is 8.96. The average molecular weight is 192 g/mol. The maximum absolute atomic E-state index is 11.5. The van der Waals surface area contributed by atoms with Gasteiger partial charge in [0.2, 0.25) is 5.91 Å². The van der Waals surface area contributed by atoms with Gasteiger partial charge >= 0.3 is 0 Å². The lowest BCUT2D eigenvalue weighted by atomic mass is 9.56. The molecule has 1 aliphatic carbocycles. The second-order valence-corrected chi connectivity index (χ2v) is 4.71. The number of hydrogen-bond acceptors (Lipinski definition) is 1. The molecule has 1 saturated heterocycles. The average Bonchev–Trinajstić information content (AvgIpc) is 3.02. The summed E-state index contributed by atoms with van der Waals surface area (Å²) < 4.78 is 0. The molecule has 0 bridgehead atoms. The highest BCUT2D eigenvalue weighted by Gasteiger charge is 2.31. The Morgan fingerprint density at radius 3 is 2.64 bits per heavy atom. The molecule has 0 aromatic carbocycles. The molecule has 1 N–H and O–H groups in total. The molecule has 0 aromatic rings. The predicted octanol–water partition coefficient (Wildman–Crippen LogP) is 1.78. The number of nitrogens with one attached hydrogen (secondary N) is 1. The molecule has 2 aliphatic rings. The Morgan fingerprint density at radius 1 is 1.36 bits per heavy atom. The van der Waals surface area contributed by atoms with Gasteiger partial charge in [-0.2, -0.15) is 0 Å². The van der Waals surface area contributed by atoms with E-state index in [1.54, 1.807) is 0 Å². The van der Waals surface area contributed by atoms with E-state index in [1.165, 1.54) is 19.2 Å². The van der Waals surface area contributed by atoms with Gasteiger partial charge in [0.25, 0.3) is 0 Å². The molecule has 77 valence electrons. The summed E-state index contributed by atoms with van der Waals surface area (Å²) >= 11 is 0. The quantitative estimate of drug-likeness (QED) is 0.678. The molecule has 2 atom stereocenters. The van der Waals surface area contributed by atoms with Crippen molar-refractivity contribution in [2.24, 2.45) is 11.8 Å². The summed E-state index contributed by atoms with van der Waals surface area (Å²) in [5.74, 6) is 1.88. The third kappa shape index (κ3) is 2.52. The second-order valence-electron chi connectivity index (χ2n) is 4.71. The molecule has 1 radical (unpaired) electrons. The standard InChI is InChI=1S/C11H19BNO/c1-2-8-3-6-10(12-7-8)13-11(14)9-4-5-9/h8-10H,2-7H2,1H3,(H,13,14). The number of hydrogen-bond donors (Lipinski definition) is 1. The molecule has 1 aliphatic heterocycles. The van der Waals surface area contributed by atoms with Gasteiger partial charge in [-0.15, -0.1) is 0 Å². The van der Waals surface area contributed by atoms with E-state index >= 15 is 0 Å². The first kappa shape index (κ1) is 10.1. The number of carbonyl (C=O) groups is 1. The van der Waals surface area contributed by atoms with Gasteiger partial charge in [0, 0.05) is 5.92 Å². The second kappa shape index (κ2) is 4.37. The Labute approximate surface area is 87.1 Å². The molecule has 1 heterocycles. The van der Waals surface area contributed by atoms with Gasteiger partial charge in [-0.05, 0) is 37.5 Å². The summed E-state index contributed by atoms with van der Waals surface area (Å²) in [6, 6.07) is 0. The molecule has 1 saturated carbocycles. The van der Waals surface area contributed by atoms with Crippen molar-refractivity contribution in [1.29, 1.82) is 0 Å². The van der Waals surface area contributed by atoms with Gasteiger partial charge in [0.15, 0.2) is 0 Å². The highest BCUT2D eigenvalue weighted by atomic mass is 16.2. The SMILES string of the molecule is CCC1C[B]C(NC(=O)C2CC2)CC1. The lowest BCUT2D eigenvalue weighted by molar-refractivity contribution is -0.122. The van der Waals surface area contributed by atoms with Crippen LogP contribution in [-0.2, 0) is 4.79 Å². The fourth-order valence-electron chi connectivity index (χ4n) is 2.16. The van der Waals surface area contributed by atoms with Crippen molar-refractivity contribution < 1.29 is 4.79 Å². The Hall–Kier alpha value is -0.465. The molecule has 3 heteroatoms. The Bertz CT molecular complexity index is 207. The Morgan fingerprint density at radius 2 is 2.14 bits per heavy atom. The lowest BCUT2D eigenvalue weighted by Gasteiger charge is -2.27. The van der Waals surface area contributed by atoms with Gasteiger partial charge in [-0.1, -0.05) is 19.7 Å². The molecule has 0 aromatic heterocycles.